The van der Waals surface area contributed by atoms with Gasteiger partial charge in [-0.15, -0.1) is 6.58 Å². The summed E-state index contributed by atoms with van der Waals surface area (Å²) in [6.45, 7) is 3.62. The lowest BCUT2D eigenvalue weighted by atomic mass is 10.0. The van der Waals surface area contributed by atoms with Gasteiger partial charge in [0.1, 0.15) is 5.82 Å². The normalized spacial score (nSPS) is 12.5. The summed E-state index contributed by atoms with van der Waals surface area (Å²) in [6, 6.07) is 4.61. The summed E-state index contributed by atoms with van der Waals surface area (Å²) in [5.74, 6) is -0.261. The quantitative estimate of drug-likeness (QED) is 0.821. The van der Waals surface area contributed by atoms with E-state index >= 15 is 0 Å². The molecule has 3 heteroatoms. The monoisotopic (exact) mass is 257 g/mol. The van der Waals surface area contributed by atoms with E-state index in [9.17, 15) is 4.39 Å². The first-order valence-electron chi connectivity index (χ1n) is 4.46. The highest BCUT2D eigenvalue weighted by Crippen LogP contribution is 2.21. The number of nitrogens with two attached hydrogens (primary N) is 1. The fourth-order valence-electron chi connectivity index (χ4n) is 1.25. The van der Waals surface area contributed by atoms with Crippen LogP contribution in [0.15, 0.2) is 35.3 Å². The molecule has 0 radical (unpaired) electrons. The van der Waals surface area contributed by atoms with Gasteiger partial charge in [-0.05, 0) is 36.6 Å². The van der Waals surface area contributed by atoms with Crippen molar-refractivity contribution in [2.24, 2.45) is 5.73 Å². The number of benzene rings is 1. The first kappa shape index (κ1) is 11.4. The lowest BCUT2D eigenvalue weighted by Gasteiger charge is -2.11. The van der Waals surface area contributed by atoms with E-state index in [0.29, 0.717) is 0 Å². The second-order valence-electron chi connectivity index (χ2n) is 3.18. The predicted molar refractivity (Wildman–Crippen MR) is 60.5 cm³/mol. The lowest BCUT2D eigenvalue weighted by molar-refractivity contribution is 0.610. The van der Waals surface area contributed by atoms with Crippen LogP contribution in [0.3, 0.4) is 0 Å². The van der Waals surface area contributed by atoms with Crippen molar-refractivity contribution in [3.63, 3.8) is 0 Å². The minimum Gasteiger partial charge on any atom is -0.324 e. The van der Waals surface area contributed by atoms with Gasteiger partial charge in [0.05, 0.1) is 0 Å². The van der Waals surface area contributed by atoms with E-state index in [2.05, 4.69) is 22.5 Å². The van der Waals surface area contributed by atoms with Crippen LogP contribution >= 0.6 is 15.9 Å². The largest absolute Gasteiger partial charge is 0.324 e. The van der Waals surface area contributed by atoms with Crippen LogP contribution in [0.25, 0.3) is 0 Å². The molecule has 1 aromatic carbocycles. The van der Waals surface area contributed by atoms with Crippen molar-refractivity contribution in [1.29, 1.82) is 0 Å². The van der Waals surface area contributed by atoms with Gasteiger partial charge in [0.25, 0.3) is 0 Å². The van der Waals surface area contributed by atoms with E-state index in [0.717, 1.165) is 22.9 Å². The van der Waals surface area contributed by atoms with Gasteiger partial charge in [-0.1, -0.05) is 22.0 Å². The van der Waals surface area contributed by atoms with Crippen molar-refractivity contribution in [2.75, 3.05) is 0 Å². The Balaban J connectivity index is 2.78. The van der Waals surface area contributed by atoms with Crippen LogP contribution in [-0.2, 0) is 0 Å². The second-order valence-corrected chi connectivity index (χ2v) is 4.09. The molecular weight excluding hydrogens is 245 g/mol. The maximum absolute atomic E-state index is 13.0. The number of allylic oxidation sites excluding steroid dienone is 1. The van der Waals surface area contributed by atoms with Crippen molar-refractivity contribution in [1.82, 2.24) is 0 Å². The molecule has 0 aromatic heterocycles. The highest BCUT2D eigenvalue weighted by Gasteiger charge is 2.07. The molecule has 0 aliphatic carbocycles. The summed E-state index contributed by atoms with van der Waals surface area (Å²) in [5, 5.41) is 0. The molecular formula is C11H13BrFN. The molecule has 0 amide bonds. The van der Waals surface area contributed by atoms with E-state index < -0.39 is 0 Å². The van der Waals surface area contributed by atoms with Gasteiger partial charge in [-0.25, -0.2) is 4.39 Å². The third-order valence-corrected chi connectivity index (χ3v) is 2.45. The maximum Gasteiger partial charge on any atom is 0.124 e. The zero-order chi connectivity index (χ0) is 10.6. The van der Waals surface area contributed by atoms with Crippen molar-refractivity contribution < 1.29 is 4.39 Å². The molecule has 1 nitrogen and oxygen atoms in total. The van der Waals surface area contributed by atoms with Crippen LogP contribution in [0.2, 0.25) is 0 Å². The van der Waals surface area contributed by atoms with Crippen molar-refractivity contribution in [3.8, 4) is 0 Å². The van der Waals surface area contributed by atoms with E-state index in [1.165, 1.54) is 12.1 Å². The smallest absolute Gasteiger partial charge is 0.124 e. The molecule has 0 bridgehead atoms. The predicted octanol–water partition coefficient (Wildman–Crippen LogP) is 3.55. The Bertz CT molecular complexity index is 305. The lowest BCUT2D eigenvalue weighted by Crippen LogP contribution is -2.10. The van der Waals surface area contributed by atoms with Crippen molar-refractivity contribution in [2.45, 2.75) is 18.9 Å². The van der Waals surface area contributed by atoms with Crippen LogP contribution in [0.1, 0.15) is 24.4 Å². The Kier molecular flexibility index (Phi) is 4.29. The Morgan fingerprint density at radius 3 is 2.79 bits per heavy atom. The Morgan fingerprint density at radius 1 is 1.50 bits per heavy atom. The van der Waals surface area contributed by atoms with Crippen molar-refractivity contribution >= 4 is 15.9 Å². The van der Waals surface area contributed by atoms with Gasteiger partial charge < -0.3 is 5.73 Å². The average Bonchev–Trinajstić information content (AvgIpc) is 2.12. The molecule has 1 atom stereocenters. The van der Waals surface area contributed by atoms with Gasteiger partial charge >= 0.3 is 0 Å². The van der Waals surface area contributed by atoms with Gasteiger partial charge in [-0.2, -0.15) is 0 Å². The molecule has 0 fully saturated rings. The van der Waals surface area contributed by atoms with Crippen molar-refractivity contribution in [3.05, 3.63) is 46.7 Å². The second kappa shape index (κ2) is 5.27. The minimum atomic E-state index is -0.261. The summed E-state index contributed by atoms with van der Waals surface area (Å²) < 4.78 is 13.7. The average molecular weight is 258 g/mol. The van der Waals surface area contributed by atoms with Gasteiger partial charge in [-0.3, -0.25) is 0 Å². The molecule has 2 N–H and O–H groups in total. The molecule has 0 unspecified atom stereocenters. The molecule has 0 spiro atoms. The molecule has 1 rings (SSSR count). The molecule has 0 saturated carbocycles. The summed E-state index contributed by atoms with van der Waals surface area (Å²) >= 11 is 3.23. The summed E-state index contributed by atoms with van der Waals surface area (Å²) in [6.07, 6.45) is 3.45. The molecule has 1 aromatic rings. The van der Waals surface area contributed by atoms with E-state index in [4.69, 9.17) is 5.73 Å². The zero-order valence-electron chi connectivity index (χ0n) is 7.84. The van der Waals surface area contributed by atoms with Gasteiger partial charge in [0.2, 0.25) is 0 Å². The highest BCUT2D eigenvalue weighted by molar-refractivity contribution is 9.10. The minimum absolute atomic E-state index is 0.125. The van der Waals surface area contributed by atoms with Crippen LogP contribution in [0.4, 0.5) is 4.39 Å². The topological polar surface area (TPSA) is 26.0 Å². The van der Waals surface area contributed by atoms with Gasteiger partial charge in [0, 0.05) is 10.5 Å². The highest BCUT2D eigenvalue weighted by atomic mass is 79.9. The number of hydrogen-bond acceptors (Lipinski definition) is 1. The molecule has 0 aliphatic rings. The van der Waals surface area contributed by atoms with E-state index in [1.54, 1.807) is 0 Å². The molecule has 76 valence electrons. The molecule has 0 heterocycles. The third kappa shape index (κ3) is 3.24. The van der Waals surface area contributed by atoms with Crippen LogP contribution < -0.4 is 5.73 Å². The number of hydrogen-bond donors (Lipinski definition) is 1. The van der Waals surface area contributed by atoms with Gasteiger partial charge in [0.15, 0.2) is 0 Å². The van der Waals surface area contributed by atoms with Crippen LogP contribution in [0, 0.1) is 5.82 Å². The molecule has 0 saturated heterocycles. The van der Waals surface area contributed by atoms with Crippen LogP contribution in [-0.4, -0.2) is 0 Å². The number of rotatable bonds is 4. The van der Waals surface area contributed by atoms with Crippen LogP contribution in [0.5, 0.6) is 0 Å². The van der Waals surface area contributed by atoms with E-state index in [1.807, 2.05) is 12.1 Å². The summed E-state index contributed by atoms with van der Waals surface area (Å²) in [5.41, 5.74) is 6.70. The molecule has 14 heavy (non-hydrogen) atoms. The Labute approximate surface area is 91.9 Å². The first-order chi connectivity index (χ1) is 6.63. The zero-order valence-corrected chi connectivity index (χ0v) is 9.43. The fourth-order valence-corrected chi connectivity index (χ4v) is 1.74. The first-order valence-corrected chi connectivity index (χ1v) is 5.25. The van der Waals surface area contributed by atoms with E-state index in [-0.39, 0.29) is 11.9 Å². The Morgan fingerprint density at radius 2 is 2.21 bits per heavy atom. The number of halogens is 2. The molecule has 0 aliphatic heterocycles. The summed E-state index contributed by atoms with van der Waals surface area (Å²) in [7, 11) is 0. The third-order valence-electron chi connectivity index (χ3n) is 1.99. The fraction of sp³-hybridized carbons (Fsp3) is 0.273. The summed E-state index contributed by atoms with van der Waals surface area (Å²) in [4.78, 5) is 0. The standard InChI is InChI=1S/C11H13BrFN/c1-2-3-4-11(14)8-5-9(12)7-10(13)6-8/h2,5-7,11H,1,3-4,14H2/t11-/m0/s1. The maximum atomic E-state index is 13.0. The SMILES string of the molecule is C=CCC[C@H](N)c1cc(F)cc(Br)c1. The Hall–Kier alpha value is -0.670.